The highest BCUT2D eigenvalue weighted by atomic mass is 16.7. The lowest BCUT2D eigenvalue weighted by Crippen LogP contribution is -2.28. The zero-order valence-corrected chi connectivity index (χ0v) is 11.5. The van der Waals surface area contributed by atoms with E-state index in [2.05, 4.69) is 11.8 Å². The smallest absolute Gasteiger partial charge is 0.409 e. The molecule has 18 heavy (non-hydrogen) atoms. The molecule has 0 aliphatic rings. The van der Waals surface area contributed by atoms with Gasteiger partial charge in [-0.2, -0.15) is 5.06 Å². The lowest BCUT2D eigenvalue weighted by atomic mass is 10.1. The van der Waals surface area contributed by atoms with Crippen molar-refractivity contribution in [2.75, 3.05) is 28.3 Å². The van der Waals surface area contributed by atoms with Crippen LogP contribution in [0.4, 0.5) is 4.79 Å². The SMILES string of the molecule is CON(C)C(=O)Oc1cccc(C(C)N(C)C)c1. The molecule has 0 aliphatic heterocycles. The molecular weight excluding hydrogens is 232 g/mol. The molecule has 0 N–H and O–H groups in total. The van der Waals surface area contributed by atoms with E-state index in [0.717, 1.165) is 10.6 Å². The largest absolute Gasteiger partial charge is 0.439 e. The molecule has 5 heteroatoms. The van der Waals surface area contributed by atoms with Gasteiger partial charge in [-0.1, -0.05) is 12.1 Å². The number of ether oxygens (including phenoxy) is 1. The fourth-order valence-corrected chi connectivity index (χ4v) is 1.38. The van der Waals surface area contributed by atoms with Gasteiger partial charge in [0.05, 0.1) is 7.11 Å². The van der Waals surface area contributed by atoms with Gasteiger partial charge in [0.1, 0.15) is 5.75 Å². The summed E-state index contributed by atoms with van der Waals surface area (Å²) in [6.07, 6.45) is -0.549. The number of benzene rings is 1. The van der Waals surface area contributed by atoms with Crippen molar-refractivity contribution in [3.63, 3.8) is 0 Å². The highest BCUT2D eigenvalue weighted by Gasteiger charge is 2.13. The molecule has 0 aromatic heterocycles. The van der Waals surface area contributed by atoms with Gasteiger partial charge in [0.25, 0.3) is 0 Å². The van der Waals surface area contributed by atoms with Gasteiger partial charge in [-0.25, -0.2) is 4.79 Å². The van der Waals surface area contributed by atoms with Gasteiger partial charge in [0, 0.05) is 13.1 Å². The van der Waals surface area contributed by atoms with Crippen LogP contribution in [0.2, 0.25) is 0 Å². The summed E-state index contributed by atoms with van der Waals surface area (Å²) >= 11 is 0. The third-order valence-corrected chi connectivity index (χ3v) is 2.85. The van der Waals surface area contributed by atoms with Crippen LogP contribution in [-0.2, 0) is 4.84 Å². The van der Waals surface area contributed by atoms with Crippen molar-refractivity contribution < 1.29 is 14.4 Å². The van der Waals surface area contributed by atoms with Gasteiger partial charge in [-0.3, -0.25) is 4.84 Å². The van der Waals surface area contributed by atoms with Crippen molar-refractivity contribution in [1.29, 1.82) is 0 Å². The first-order valence-electron chi connectivity index (χ1n) is 5.71. The lowest BCUT2D eigenvalue weighted by Gasteiger charge is -2.20. The predicted octanol–water partition coefficient (Wildman–Crippen LogP) is 2.30. The van der Waals surface area contributed by atoms with Gasteiger partial charge in [-0.15, -0.1) is 0 Å². The summed E-state index contributed by atoms with van der Waals surface area (Å²) in [7, 11) is 6.91. The summed E-state index contributed by atoms with van der Waals surface area (Å²) in [5.41, 5.74) is 1.09. The molecule has 1 unspecified atom stereocenters. The first-order valence-corrected chi connectivity index (χ1v) is 5.71. The summed E-state index contributed by atoms with van der Waals surface area (Å²) < 4.78 is 5.18. The van der Waals surface area contributed by atoms with Gasteiger partial charge in [0.2, 0.25) is 0 Å². The van der Waals surface area contributed by atoms with Crippen molar-refractivity contribution >= 4 is 6.09 Å². The zero-order chi connectivity index (χ0) is 13.7. The maximum absolute atomic E-state index is 11.5. The Kier molecular flexibility index (Phi) is 5.12. The first kappa shape index (κ1) is 14.5. The molecule has 5 nitrogen and oxygen atoms in total. The van der Waals surface area contributed by atoms with Crippen LogP contribution in [0, 0.1) is 0 Å². The molecule has 0 radical (unpaired) electrons. The Labute approximate surface area is 108 Å². The second kappa shape index (κ2) is 6.37. The van der Waals surface area contributed by atoms with Crippen LogP contribution in [0.3, 0.4) is 0 Å². The van der Waals surface area contributed by atoms with Crippen molar-refractivity contribution in [3.8, 4) is 5.75 Å². The number of hydrogen-bond acceptors (Lipinski definition) is 4. The predicted molar refractivity (Wildman–Crippen MR) is 69.3 cm³/mol. The topological polar surface area (TPSA) is 42.0 Å². The Bertz CT molecular complexity index is 407. The molecule has 0 saturated carbocycles. The molecule has 1 aromatic rings. The molecule has 1 rings (SSSR count). The number of carbonyl (C=O) groups excluding carboxylic acids is 1. The average Bonchev–Trinajstić information content (AvgIpc) is 2.36. The van der Waals surface area contributed by atoms with E-state index in [-0.39, 0.29) is 6.04 Å². The first-order chi connectivity index (χ1) is 8.45. The number of hydroxylamine groups is 2. The number of hydrogen-bond donors (Lipinski definition) is 0. The van der Waals surface area contributed by atoms with E-state index in [1.165, 1.54) is 14.2 Å². The monoisotopic (exact) mass is 252 g/mol. The van der Waals surface area contributed by atoms with Gasteiger partial charge < -0.3 is 9.64 Å². The number of nitrogens with zero attached hydrogens (tertiary/aromatic N) is 2. The molecule has 1 amide bonds. The number of carbonyl (C=O) groups is 1. The number of amides is 1. The Morgan fingerprint density at radius 2 is 1.94 bits per heavy atom. The highest BCUT2D eigenvalue weighted by molar-refractivity contribution is 5.69. The molecule has 0 aliphatic carbocycles. The third kappa shape index (κ3) is 3.72. The van der Waals surface area contributed by atoms with Crippen LogP contribution in [0.1, 0.15) is 18.5 Å². The summed E-state index contributed by atoms with van der Waals surface area (Å²) in [6.45, 7) is 2.09. The van der Waals surface area contributed by atoms with Crippen LogP contribution in [0.15, 0.2) is 24.3 Å². The minimum absolute atomic E-state index is 0.254. The molecule has 1 aromatic carbocycles. The molecule has 0 heterocycles. The molecule has 100 valence electrons. The Hall–Kier alpha value is -1.59. The fraction of sp³-hybridized carbons (Fsp3) is 0.462. The summed E-state index contributed by atoms with van der Waals surface area (Å²) in [6, 6.07) is 7.72. The average molecular weight is 252 g/mol. The van der Waals surface area contributed by atoms with Gasteiger partial charge >= 0.3 is 6.09 Å². The quantitative estimate of drug-likeness (QED) is 0.771. The zero-order valence-electron chi connectivity index (χ0n) is 11.5. The van der Waals surface area contributed by atoms with Crippen LogP contribution in [-0.4, -0.2) is 44.3 Å². The van der Waals surface area contributed by atoms with E-state index in [1.54, 1.807) is 6.07 Å². The van der Waals surface area contributed by atoms with E-state index in [9.17, 15) is 4.79 Å². The van der Waals surface area contributed by atoms with E-state index < -0.39 is 6.09 Å². The van der Waals surface area contributed by atoms with E-state index >= 15 is 0 Å². The van der Waals surface area contributed by atoms with Crippen molar-refractivity contribution in [2.24, 2.45) is 0 Å². The van der Waals surface area contributed by atoms with E-state index in [0.29, 0.717) is 5.75 Å². The van der Waals surface area contributed by atoms with E-state index in [1.807, 2.05) is 32.3 Å². The summed E-state index contributed by atoms with van der Waals surface area (Å²) in [5, 5.41) is 1.03. The van der Waals surface area contributed by atoms with Crippen LogP contribution >= 0.6 is 0 Å². The summed E-state index contributed by atoms with van der Waals surface area (Å²) in [4.78, 5) is 18.4. The van der Waals surface area contributed by atoms with Gasteiger partial charge in [-0.05, 0) is 38.7 Å². The van der Waals surface area contributed by atoms with Crippen LogP contribution in [0.25, 0.3) is 0 Å². The maximum Gasteiger partial charge on any atom is 0.439 e. The van der Waals surface area contributed by atoms with Crippen molar-refractivity contribution in [2.45, 2.75) is 13.0 Å². The van der Waals surface area contributed by atoms with Crippen molar-refractivity contribution in [3.05, 3.63) is 29.8 Å². The molecule has 0 saturated heterocycles. The van der Waals surface area contributed by atoms with Crippen LogP contribution < -0.4 is 4.74 Å². The van der Waals surface area contributed by atoms with Crippen molar-refractivity contribution in [1.82, 2.24) is 9.96 Å². The highest BCUT2D eigenvalue weighted by Crippen LogP contribution is 2.22. The maximum atomic E-state index is 11.5. The Balaban J connectivity index is 2.80. The molecule has 0 fully saturated rings. The standard InChI is InChI=1S/C13H20N2O3/c1-10(14(2)3)11-7-6-8-12(9-11)18-13(16)15(4)17-5/h6-10H,1-5H3. The summed E-state index contributed by atoms with van der Waals surface area (Å²) in [5.74, 6) is 0.509. The Morgan fingerprint density at radius 1 is 1.28 bits per heavy atom. The Morgan fingerprint density at radius 3 is 2.50 bits per heavy atom. The molecule has 0 spiro atoms. The third-order valence-electron chi connectivity index (χ3n) is 2.85. The lowest BCUT2D eigenvalue weighted by molar-refractivity contribution is -0.0790. The normalized spacial score (nSPS) is 12.3. The molecular formula is C13H20N2O3. The van der Waals surface area contributed by atoms with Crippen LogP contribution in [0.5, 0.6) is 5.75 Å². The molecule has 0 bridgehead atoms. The molecule has 1 atom stereocenters. The van der Waals surface area contributed by atoms with Gasteiger partial charge in [0.15, 0.2) is 0 Å². The fourth-order valence-electron chi connectivity index (χ4n) is 1.38. The second-order valence-corrected chi connectivity index (χ2v) is 4.26. The number of rotatable bonds is 4. The van der Waals surface area contributed by atoms with E-state index in [4.69, 9.17) is 9.57 Å². The minimum atomic E-state index is -0.549. The minimum Gasteiger partial charge on any atom is -0.409 e. The second-order valence-electron chi connectivity index (χ2n) is 4.26.